The van der Waals surface area contributed by atoms with Crippen LogP contribution in [0, 0.1) is 0 Å². The maximum absolute atomic E-state index is 5.17. The molecule has 2 aromatic carbocycles. The molecule has 0 aliphatic heterocycles. The topological polar surface area (TPSA) is 13.1 Å². The van der Waals surface area contributed by atoms with Crippen molar-refractivity contribution < 1.29 is 4.42 Å². The molecule has 0 aliphatic carbocycles. The lowest BCUT2D eigenvalue weighted by Gasteiger charge is -1.96. The van der Waals surface area contributed by atoms with Crippen molar-refractivity contribution in [1.29, 1.82) is 0 Å². The highest BCUT2D eigenvalue weighted by atomic mass is 16.3. The average molecular weight is 168 g/mol. The van der Waals surface area contributed by atoms with Crippen molar-refractivity contribution in [3.63, 3.8) is 0 Å². The highest BCUT2D eigenvalue weighted by Gasteiger charge is 1.99. The zero-order chi connectivity index (χ0) is 8.67. The van der Waals surface area contributed by atoms with Crippen molar-refractivity contribution in [3.05, 3.63) is 48.9 Å². The Bertz CT molecular complexity index is 563. The lowest BCUT2D eigenvalue weighted by Crippen LogP contribution is -1.71. The van der Waals surface area contributed by atoms with E-state index in [9.17, 15) is 0 Å². The molecule has 0 spiro atoms. The molecular formula is C12H8O. The van der Waals surface area contributed by atoms with Gasteiger partial charge in [-0.1, -0.05) is 36.4 Å². The van der Waals surface area contributed by atoms with Gasteiger partial charge < -0.3 is 4.42 Å². The molecule has 62 valence electrons. The minimum absolute atomic E-state index is 1.17. The predicted octanol–water partition coefficient (Wildman–Crippen LogP) is 3.59. The van der Waals surface area contributed by atoms with Crippen LogP contribution >= 0.6 is 0 Å². The van der Waals surface area contributed by atoms with Crippen LogP contribution in [-0.2, 0) is 0 Å². The van der Waals surface area contributed by atoms with Gasteiger partial charge in [0, 0.05) is 10.8 Å². The van der Waals surface area contributed by atoms with E-state index < -0.39 is 0 Å². The van der Waals surface area contributed by atoms with E-state index >= 15 is 0 Å². The standard InChI is InChI=1S/C12H8O/c1-2-4-11-9(3-1)5-6-10-7-13-8-12(10)11/h1-8H. The molecule has 0 saturated heterocycles. The van der Waals surface area contributed by atoms with E-state index in [1.165, 1.54) is 21.5 Å². The van der Waals surface area contributed by atoms with Crippen molar-refractivity contribution in [3.8, 4) is 0 Å². The Hall–Kier alpha value is -1.76. The zero-order valence-electron chi connectivity index (χ0n) is 7.03. The molecule has 1 nitrogen and oxygen atoms in total. The second-order valence-electron chi connectivity index (χ2n) is 3.16. The first-order chi connectivity index (χ1) is 6.45. The second kappa shape index (κ2) is 2.36. The molecule has 0 N–H and O–H groups in total. The molecule has 1 heterocycles. The van der Waals surface area contributed by atoms with E-state index in [2.05, 4.69) is 30.3 Å². The second-order valence-corrected chi connectivity index (χ2v) is 3.16. The normalized spacial score (nSPS) is 11.1. The van der Waals surface area contributed by atoms with Gasteiger partial charge in [-0.15, -0.1) is 0 Å². The van der Waals surface area contributed by atoms with Crippen molar-refractivity contribution >= 4 is 21.5 Å². The quantitative estimate of drug-likeness (QED) is 0.500. The van der Waals surface area contributed by atoms with Crippen LogP contribution in [0.3, 0.4) is 0 Å². The minimum Gasteiger partial charge on any atom is -0.471 e. The molecule has 0 amide bonds. The summed E-state index contributed by atoms with van der Waals surface area (Å²) in [5.74, 6) is 0. The molecule has 0 bridgehead atoms. The molecule has 3 rings (SSSR count). The number of furan rings is 1. The molecule has 0 atom stereocenters. The van der Waals surface area contributed by atoms with Crippen LogP contribution in [0.15, 0.2) is 53.3 Å². The van der Waals surface area contributed by atoms with Crippen LogP contribution < -0.4 is 0 Å². The number of hydrogen-bond acceptors (Lipinski definition) is 1. The summed E-state index contributed by atoms with van der Waals surface area (Å²) in [6.07, 6.45) is 3.58. The number of fused-ring (bicyclic) bond motifs is 3. The molecule has 1 heteroatoms. The fourth-order valence-electron chi connectivity index (χ4n) is 1.72. The molecule has 0 aliphatic rings. The van der Waals surface area contributed by atoms with Gasteiger partial charge in [0.25, 0.3) is 0 Å². The summed E-state index contributed by atoms with van der Waals surface area (Å²) >= 11 is 0. The maximum Gasteiger partial charge on any atom is 0.0987 e. The first kappa shape index (κ1) is 6.72. The van der Waals surface area contributed by atoms with Crippen LogP contribution in [0.5, 0.6) is 0 Å². The van der Waals surface area contributed by atoms with Crippen LogP contribution in [0.25, 0.3) is 21.5 Å². The largest absolute Gasteiger partial charge is 0.471 e. The first-order valence-corrected chi connectivity index (χ1v) is 4.29. The van der Waals surface area contributed by atoms with Crippen LogP contribution in [-0.4, -0.2) is 0 Å². The number of hydrogen-bond donors (Lipinski definition) is 0. The SMILES string of the molecule is c1ccc2c(c1)ccc1cocc12. The summed E-state index contributed by atoms with van der Waals surface area (Å²) in [6.45, 7) is 0. The summed E-state index contributed by atoms with van der Waals surface area (Å²) < 4.78 is 5.17. The molecule has 0 saturated carbocycles. The maximum atomic E-state index is 5.17. The van der Waals surface area contributed by atoms with Gasteiger partial charge in [-0.05, 0) is 10.8 Å². The van der Waals surface area contributed by atoms with Gasteiger partial charge in [-0.3, -0.25) is 0 Å². The lowest BCUT2D eigenvalue weighted by atomic mass is 10.1. The van der Waals surface area contributed by atoms with E-state index in [0.29, 0.717) is 0 Å². The summed E-state index contributed by atoms with van der Waals surface area (Å²) in [4.78, 5) is 0. The fourth-order valence-corrected chi connectivity index (χ4v) is 1.72. The van der Waals surface area contributed by atoms with E-state index in [4.69, 9.17) is 4.42 Å². The molecular weight excluding hydrogens is 160 g/mol. The molecule has 0 unspecified atom stereocenters. The van der Waals surface area contributed by atoms with Gasteiger partial charge in [0.05, 0.1) is 12.5 Å². The lowest BCUT2D eigenvalue weighted by molar-refractivity contribution is 0.572. The zero-order valence-corrected chi connectivity index (χ0v) is 7.03. The Morgan fingerprint density at radius 1 is 0.692 bits per heavy atom. The smallest absolute Gasteiger partial charge is 0.0987 e. The number of rotatable bonds is 0. The summed E-state index contributed by atoms with van der Waals surface area (Å²) in [6, 6.07) is 12.5. The highest BCUT2D eigenvalue weighted by Crippen LogP contribution is 2.25. The van der Waals surface area contributed by atoms with Crippen molar-refractivity contribution in [2.75, 3.05) is 0 Å². The Labute approximate surface area is 75.6 Å². The molecule has 1 aromatic heterocycles. The third-order valence-corrected chi connectivity index (χ3v) is 2.39. The van der Waals surface area contributed by atoms with E-state index in [1.54, 1.807) is 12.5 Å². The summed E-state index contributed by atoms with van der Waals surface area (Å²) in [7, 11) is 0. The predicted molar refractivity (Wildman–Crippen MR) is 53.7 cm³/mol. The van der Waals surface area contributed by atoms with E-state index in [0.717, 1.165) is 0 Å². The Kier molecular flexibility index (Phi) is 1.22. The molecule has 13 heavy (non-hydrogen) atoms. The monoisotopic (exact) mass is 168 g/mol. The first-order valence-electron chi connectivity index (χ1n) is 4.29. The highest BCUT2D eigenvalue weighted by molar-refractivity contribution is 6.06. The number of benzene rings is 2. The van der Waals surface area contributed by atoms with Gasteiger partial charge >= 0.3 is 0 Å². The van der Waals surface area contributed by atoms with Gasteiger partial charge in [0.1, 0.15) is 0 Å². The molecule has 3 aromatic rings. The van der Waals surface area contributed by atoms with Crippen LogP contribution in [0.2, 0.25) is 0 Å². The van der Waals surface area contributed by atoms with Crippen molar-refractivity contribution in [2.24, 2.45) is 0 Å². The summed E-state index contributed by atoms with van der Waals surface area (Å²) in [5.41, 5.74) is 0. The molecule has 0 fully saturated rings. The summed E-state index contributed by atoms with van der Waals surface area (Å²) in [5, 5.41) is 4.88. The minimum atomic E-state index is 1.17. The fraction of sp³-hybridized carbons (Fsp3) is 0. The average Bonchev–Trinajstić information content (AvgIpc) is 2.65. The van der Waals surface area contributed by atoms with Crippen LogP contribution in [0.1, 0.15) is 0 Å². The Morgan fingerprint density at radius 2 is 1.54 bits per heavy atom. The Balaban J connectivity index is 2.65. The van der Waals surface area contributed by atoms with E-state index in [-0.39, 0.29) is 0 Å². The van der Waals surface area contributed by atoms with Crippen molar-refractivity contribution in [1.82, 2.24) is 0 Å². The van der Waals surface area contributed by atoms with Gasteiger partial charge in [0.15, 0.2) is 0 Å². The molecule has 0 radical (unpaired) electrons. The third-order valence-electron chi connectivity index (χ3n) is 2.39. The van der Waals surface area contributed by atoms with Gasteiger partial charge in [-0.2, -0.15) is 0 Å². The van der Waals surface area contributed by atoms with Gasteiger partial charge in [0.2, 0.25) is 0 Å². The van der Waals surface area contributed by atoms with Gasteiger partial charge in [-0.25, -0.2) is 0 Å². The van der Waals surface area contributed by atoms with Crippen molar-refractivity contribution in [2.45, 2.75) is 0 Å². The Morgan fingerprint density at radius 3 is 2.54 bits per heavy atom. The van der Waals surface area contributed by atoms with E-state index in [1.807, 2.05) is 6.07 Å². The van der Waals surface area contributed by atoms with Crippen LogP contribution in [0.4, 0.5) is 0 Å². The third kappa shape index (κ3) is 0.872.